The molecular weight excluding hydrogens is 448 g/mol. The van der Waals surface area contributed by atoms with Crippen molar-refractivity contribution < 1.29 is 26.3 Å². The van der Waals surface area contributed by atoms with Crippen LogP contribution in [0.5, 0.6) is 0 Å². The Kier molecular flexibility index (Phi) is 8.35. The topological polar surface area (TPSA) is 20.3 Å². The summed E-state index contributed by atoms with van der Waals surface area (Å²) in [7, 11) is 2.39. The minimum atomic E-state index is -0.599. The number of likely N-dealkylation sites (tertiary alicyclic amines) is 2. The van der Waals surface area contributed by atoms with Gasteiger partial charge in [-0.1, -0.05) is 60.7 Å². The summed E-state index contributed by atoms with van der Waals surface area (Å²) in [4.78, 5) is 16.5. The molecule has 0 spiro atoms. The largest absolute Gasteiger partial charge is 1.00 e. The van der Waals surface area contributed by atoms with Crippen molar-refractivity contribution in [3.63, 3.8) is 0 Å². The fraction of sp³-hybridized carbons (Fsp3) is 0.519. The molecule has 31 heavy (non-hydrogen) atoms. The Bertz CT molecular complexity index is 772. The second-order valence-electron chi connectivity index (χ2n) is 9.59. The van der Waals surface area contributed by atoms with Gasteiger partial charge in [0.05, 0.1) is 26.7 Å². The Hall–Kier alpha value is -1.65. The van der Waals surface area contributed by atoms with E-state index in [1.54, 1.807) is 0 Å². The molecule has 1 amide bonds. The normalized spacial score (nSPS) is 18.8. The fourth-order valence-corrected chi connectivity index (χ4v) is 5.56. The van der Waals surface area contributed by atoms with Gasteiger partial charge in [-0.15, -0.1) is 0 Å². The second kappa shape index (κ2) is 10.8. The molecule has 2 fully saturated rings. The summed E-state index contributed by atoms with van der Waals surface area (Å²) in [5, 5.41) is 0. The lowest BCUT2D eigenvalue weighted by Gasteiger charge is -2.43. The number of amides is 1. The van der Waals surface area contributed by atoms with E-state index in [4.69, 9.17) is 0 Å². The van der Waals surface area contributed by atoms with Crippen LogP contribution in [-0.4, -0.2) is 55.1 Å². The standard InChI is InChI=1S/C27H37N2O.BrH/c1-29(21-12-5-13-22-29)23-18-27(24-14-6-2-7-15-24,25-16-8-3-9-17-25)26(30)28-19-10-4-11-20-28;/h2-3,6-9,14-17H,4-5,10-13,18-23H2,1H3;1H/q+1;/p-1. The molecule has 4 rings (SSSR count). The van der Waals surface area contributed by atoms with Gasteiger partial charge in [-0.25, -0.2) is 0 Å². The van der Waals surface area contributed by atoms with E-state index in [9.17, 15) is 4.79 Å². The molecule has 4 heteroatoms. The van der Waals surface area contributed by atoms with Gasteiger partial charge in [0.15, 0.2) is 0 Å². The average Bonchev–Trinajstić information content (AvgIpc) is 2.82. The maximum absolute atomic E-state index is 14.3. The van der Waals surface area contributed by atoms with E-state index in [0.717, 1.165) is 54.5 Å². The zero-order valence-corrected chi connectivity index (χ0v) is 20.5. The first-order chi connectivity index (χ1) is 14.6. The minimum Gasteiger partial charge on any atom is -1.00 e. The van der Waals surface area contributed by atoms with Crippen molar-refractivity contribution in [2.45, 2.75) is 50.4 Å². The first-order valence-electron chi connectivity index (χ1n) is 11.9. The summed E-state index contributed by atoms with van der Waals surface area (Å²) >= 11 is 0. The van der Waals surface area contributed by atoms with Crippen molar-refractivity contribution in [3.05, 3.63) is 71.8 Å². The molecule has 0 N–H and O–H groups in total. The highest BCUT2D eigenvalue weighted by molar-refractivity contribution is 5.92. The molecular formula is C27H37BrN2O. The van der Waals surface area contributed by atoms with E-state index in [-0.39, 0.29) is 17.0 Å². The molecule has 2 aromatic carbocycles. The van der Waals surface area contributed by atoms with E-state index in [1.165, 1.54) is 38.8 Å². The fourth-order valence-electron chi connectivity index (χ4n) is 5.56. The van der Waals surface area contributed by atoms with Crippen LogP contribution in [0.3, 0.4) is 0 Å². The van der Waals surface area contributed by atoms with Crippen molar-refractivity contribution in [1.82, 2.24) is 4.90 Å². The summed E-state index contributed by atoms with van der Waals surface area (Å²) in [6.07, 6.45) is 8.32. The predicted octanol–water partition coefficient (Wildman–Crippen LogP) is 2.01. The first-order valence-corrected chi connectivity index (χ1v) is 11.9. The number of carbonyl (C=O) groups excluding carboxylic acids is 1. The van der Waals surface area contributed by atoms with Gasteiger partial charge in [0.25, 0.3) is 0 Å². The van der Waals surface area contributed by atoms with Gasteiger partial charge < -0.3 is 26.4 Å². The van der Waals surface area contributed by atoms with Crippen LogP contribution in [0.2, 0.25) is 0 Å². The number of carbonyl (C=O) groups is 1. The number of halogens is 1. The van der Waals surface area contributed by atoms with Crippen molar-refractivity contribution in [1.29, 1.82) is 0 Å². The second-order valence-corrected chi connectivity index (χ2v) is 9.59. The van der Waals surface area contributed by atoms with Crippen LogP contribution < -0.4 is 17.0 Å². The Morgan fingerprint density at radius 1 is 0.806 bits per heavy atom. The van der Waals surface area contributed by atoms with Crippen molar-refractivity contribution in [3.8, 4) is 0 Å². The van der Waals surface area contributed by atoms with Crippen molar-refractivity contribution in [2.75, 3.05) is 39.8 Å². The number of nitrogens with zero attached hydrogens (tertiary/aromatic N) is 2. The van der Waals surface area contributed by atoms with Gasteiger partial charge in [-0.05, 0) is 49.7 Å². The molecule has 0 radical (unpaired) electrons. The third-order valence-electron chi connectivity index (χ3n) is 7.46. The van der Waals surface area contributed by atoms with Crippen LogP contribution in [0, 0.1) is 0 Å². The third kappa shape index (κ3) is 5.23. The highest BCUT2D eigenvalue weighted by Crippen LogP contribution is 2.39. The SMILES string of the molecule is C[N+]1(CCC(C(=O)N2CCCCC2)(c2ccccc2)c2ccccc2)CCCCC1.[Br-]. The molecule has 0 saturated carbocycles. The first kappa shape index (κ1) is 24.0. The van der Waals surface area contributed by atoms with E-state index in [0.29, 0.717) is 5.91 Å². The zero-order chi connectivity index (χ0) is 20.9. The lowest BCUT2D eigenvalue weighted by molar-refractivity contribution is -0.914. The highest BCUT2D eigenvalue weighted by Gasteiger charge is 2.46. The van der Waals surface area contributed by atoms with E-state index < -0.39 is 5.41 Å². The molecule has 2 saturated heterocycles. The Labute approximate surface area is 198 Å². The van der Waals surface area contributed by atoms with Gasteiger partial charge >= 0.3 is 0 Å². The van der Waals surface area contributed by atoms with Crippen molar-refractivity contribution in [2.24, 2.45) is 0 Å². The molecule has 2 aliphatic heterocycles. The van der Waals surface area contributed by atoms with Crippen LogP contribution in [0.4, 0.5) is 0 Å². The summed E-state index contributed by atoms with van der Waals surface area (Å²) in [5.74, 6) is 0.309. The number of quaternary nitrogens is 1. The van der Waals surface area contributed by atoms with Crippen LogP contribution >= 0.6 is 0 Å². The number of rotatable bonds is 6. The molecule has 0 bridgehead atoms. The predicted molar refractivity (Wildman–Crippen MR) is 123 cm³/mol. The van der Waals surface area contributed by atoms with Gasteiger partial charge in [0.2, 0.25) is 5.91 Å². The minimum absolute atomic E-state index is 0. The maximum atomic E-state index is 14.3. The molecule has 0 aliphatic carbocycles. The number of benzene rings is 2. The molecule has 2 aromatic rings. The molecule has 0 unspecified atom stereocenters. The number of hydrogen-bond acceptors (Lipinski definition) is 1. The Morgan fingerprint density at radius 2 is 1.29 bits per heavy atom. The Morgan fingerprint density at radius 3 is 1.81 bits per heavy atom. The van der Waals surface area contributed by atoms with E-state index >= 15 is 0 Å². The molecule has 3 nitrogen and oxygen atoms in total. The summed E-state index contributed by atoms with van der Waals surface area (Å²) in [6, 6.07) is 21.2. The third-order valence-corrected chi connectivity index (χ3v) is 7.46. The van der Waals surface area contributed by atoms with E-state index in [1.807, 2.05) is 0 Å². The summed E-state index contributed by atoms with van der Waals surface area (Å²) < 4.78 is 1.09. The maximum Gasteiger partial charge on any atom is 0.237 e. The molecule has 0 atom stereocenters. The smallest absolute Gasteiger partial charge is 0.237 e. The highest BCUT2D eigenvalue weighted by atomic mass is 79.9. The van der Waals surface area contributed by atoms with Gasteiger partial charge in [0, 0.05) is 19.5 Å². The lowest BCUT2D eigenvalue weighted by atomic mass is 9.70. The van der Waals surface area contributed by atoms with Crippen LogP contribution in [0.1, 0.15) is 56.1 Å². The molecule has 0 aromatic heterocycles. The van der Waals surface area contributed by atoms with Crippen LogP contribution in [-0.2, 0) is 10.2 Å². The van der Waals surface area contributed by atoms with Crippen molar-refractivity contribution >= 4 is 5.91 Å². The summed E-state index contributed by atoms with van der Waals surface area (Å²) in [5.41, 5.74) is 1.70. The van der Waals surface area contributed by atoms with Crippen LogP contribution in [0.25, 0.3) is 0 Å². The summed E-state index contributed by atoms with van der Waals surface area (Å²) in [6.45, 7) is 5.30. The zero-order valence-electron chi connectivity index (χ0n) is 18.9. The molecule has 2 heterocycles. The lowest BCUT2D eigenvalue weighted by Crippen LogP contribution is -3.00. The van der Waals surface area contributed by atoms with Gasteiger partial charge in [-0.3, -0.25) is 4.79 Å². The van der Waals surface area contributed by atoms with Crippen LogP contribution in [0.15, 0.2) is 60.7 Å². The Balaban J connectivity index is 0.00000272. The number of hydrogen-bond donors (Lipinski definition) is 0. The monoisotopic (exact) mass is 484 g/mol. The quantitative estimate of drug-likeness (QED) is 0.574. The number of piperidine rings is 2. The van der Waals surface area contributed by atoms with Gasteiger partial charge in [-0.2, -0.15) is 0 Å². The average molecular weight is 486 g/mol. The van der Waals surface area contributed by atoms with Gasteiger partial charge in [0.1, 0.15) is 5.41 Å². The molecule has 168 valence electrons. The molecule has 2 aliphatic rings. The van der Waals surface area contributed by atoms with E-state index in [2.05, 4.69) is 72.6 Å².